The first-order valence-corrected chi connectivity index (χ1v) is 11.7. The molecule has 1 aliphatic rings. The van der Waals surface area contributed by atoms with Crippen LogP contribution in [-0.4, -0.2) is 29.6 Å². The maximum atomic E-state index is 13.6. The van der Waals surface area contributed by atoms with Gasteiger partial charge in [-0.25, -0.2) is 9.79 Å². The van der Waals surface area contributed by atoms with Crippen molar-refractivity contribution in [1.29, 1.82) is 0 Å². The standard InChI is InChI=1S/C26H22N2O7S/c1-14-22(25(32)33-4)23(17-8-6-5-7-9-17)28-24(31)21(36-26(28)27-14)12-18-10-11-19(34-15(2)29)13-20(18)35-16(3)30/h5-13,23H,1-4H3/b21-12-. The molecule has 0 saturated carbocycles. The molecule has 0 bridgehead atoms. The summed E-state index contributed by atoms with van der Waals surface area (Å²) in [6.45, 7) is 4.20. The van der Waals surface area contributed by atoms with Crippen LogP contribution in [0.5, 0.6) is 11.5 Å². The Kier molecular flexibility index (Phi) is 6.98. The van der Waals surface area contributed by atoms with E-state index in [0.29, 0.717) is 20.6 Å². The van der Waals surface area contributed by atoms with Gasteiger partial charge in [0.25, 0.3) is 5.56 Å². The maximum Gasteiger partial charge on any atom is 0.338 e. The molecule has 0 amide bonds. The van der Waals surface area contributed by atoms with Crippen molar-refractivity contribution < 1.29 is 28.6 Å². The summed E-state index contributed by atoms with van der Waals surface area (Å²) in [5, 5.41) is 0. The highest BCUT2D eigenvalue weighted by molar-refractivity contribution is 7.07. The molecule has 0 spiro atoms. The van der Waals surface area contributed by atoms with Gasteiger partial charge >= 0.3 is 17.9 Å². The highest BCUT2D eigenvalue weighted by Crippen LogP contribution is 2.30. The van der Waals surface area contributed by atoms with Crippen molar-refractivity contribution in [2.75, 3.05) is 7.11 Å². The van der Waals surface area contributed by atoms with Crippen LogP contribution in [0.1, 0.15) is 37.9 Å². The first kappa shape index (κ1) is 24.8. The number of esters is 3. The highest BCUT2D eigenvalue weighted by Gasteiger charge is 2.32. The van der Waals surface area contributed by atoms with Gasteiger partial charge < -0.3 is 14.2 Å². The molecular formula is C26H22N2O7S. The van der Waals surface area contributed by atoms with Crippen molar-refractivity contribution in [3.8, 4) is 11.5 Å². The van der Waals surface area contributed by atoms with Gasteiger partial charge in [-0.1, -0.05) is 41.7 Å². The molecule has 0 radical (unpaired) electrons. The van der Waals surface area contributed by atoms with Gasteiger partial charge in [-0.15, -0.1) is 0 Å². The molecule has 10 heteroatoms. The summed E-state index contributed by atoms with van der Waals surface area (Å²) in [6.07, 6.45) is 1.57. The summed E-state index contributed by atoms with van der Waals surface area (Å²) in [7, 11) is 1.28. The van der Waals surface area contributed by atoms with E-state index in [2.05, 4.69) is 4.99 Å². The van der Waals surface area contributed by atoms with Gasteiger partial charge in [0, 0.05) is 25.5 Å². The number of nitrogens with zero attached hydrogens (tertiary/aromatic N) is 2. The Labute approximate surface area is 209 Å². The number of hydrogen-bond donors (Lipinski definition) is 0. The SMILES string of the molecule is COC(=O)C1=C(C)N=c2s/c(=C\c3ccc(OC(C)=O)cc3OC(C)=O)c(=O)n2C1c1ccccc1. The number of allylic oxidation sites excluding steroid dienone is 1. The van der Waals surface area contributed by atoms with Crippen LogP contribution in [0.2, 0.25) is 0 Å². The van der Waals surface area contributed by atoms with Gasteiger partial charge in [-0.05, 0) is 30.7 Å². The Morgan fingerprint density at radius 1 is 1.03 bits per heavy atom. The van der Waals surface area contributed by atoms with Crippen LogP contribution in [0.3, 0.4) is 0 Å². The number of thiazole rings is 1. The number of fused-ring (bicyclic) bond motifs is 1. The third-order valence-corrected chi connectivity index (χ3v) is 6.31. The minimum atomic E-state index is -0.726. The Balaban J connectivity index is 1.92. The van der Waals surface area contributed by atoms with Crippen LogP contribution >= 0.6 is 11.3 Å². The molecule has 2 aromatic carbocycles. The summed E-state index contributed by atoms with van der Waals surface area (Å²) in [5.74, 6) is -1.36. The van der Waals surface area contributed by atoms with E-state index < -0.39 is 23.9 Å². The van der Waals surface area contributed by atoms with Crippen LogP contribution in [-0.2, 0) is 19.1 Å². The summed E-state index contributed by atoms with van der Waals surface area (Å²) in [6, 6.07) is 12.9. The lowest BCUT2D eigenvalue weighted by atomic mass is 9.96. The number of ether oxygens (including phenoxy) is 3. The minimum Gasteiger partial charge on any atom is -0.466 e. The van der Waals surface area contributed by atoms with Crippen LogP contribution in [0.25, 0.3) is 6.08 Å². The number of benzene rings is 2. The van der Waals surface area contributed by atoms with Crippen molar-refractivity contribution >= 4 is 35.3 Å². The van der Waals surface area contributed by atoms with Crippen LogP contribution in [0, 0.1) is 0 Å². The highest BCUT2D eigenvalue weighted by atomic mass is 32.1. The van der Waals surface area contributed by atoms with E-state index in [0.717, 1.165) is 16.9 Å². The van der Waals surface area contributed by atoms with Gasteiger partial charge in [0.2, 0.25) is 0 Å². The Morgan fingerprint density at radius 2 is 1.72 bits per heavy atom. The molecule has 0 fully saturated rings. The molecule has 1 aliphatic heterocycles. The Morgan fingerprint density at radius 3 is 2.36 bits per heavy atom. The zero-order chi connectivity index (χ0) is 26.0. The third-order valence-electron chi connectivity index (χ3n) is 5.33. The number of methoxy groups -OCH3 is 1. The van der Waals surface area contributed by atoms with Gasteiger partial charge in [0.15, 0.2) is 4.80 Å². The Hall–Kier alpha value is -4.31. The van der Waals surface area contributed by atoms with Gasteiger partial charge in [0.05, 0.1) is 29.0 Å². The summed E-state index contributed by atoms with van der Waals surface area (Å²) < 4.78 is 17.1. The molecule has 1 unspecified atom stereocenters. The first-order valence-electron chi connectivity index (χ1n) is 10.9. The molecule has 9 nitrogen and oxygen atoms in total. The van der Waals surface area contributed by atoms with Crippen molar-refractivity contribution in [2.45, 2.75) is 26.8 Å². The largest absolute Gasteiger partial charge is 0.466 e. The van der Waals surface area contributed by atoms with Crippen LogP contribution in [0.15, 0.2) is 69.6 Å². The average molecular weight is 507 g/mol. The smallest absolute Gasteiger partial charge is 0.338 e. The zero-order valence-corrected chi connectivity index (χ0v) is 20.8. The zero-order valence-electron chi connectivity index (χ0n) is 19.9. The quantitative estimate of drug-likeness (QED) is 0.385. The van der Waals surface area contributed by atoms with E-state index >= 15 is 0 Å². The number of carbonyl (C=O) groups excluding carboxylic acids is 3. The lowest BCUT2D eigenvalue weighted by Gasteiger charge is -2.24. The molecule has 0 N–H and O–H groups in total. The molecule has 2 heterocycles. The fraction of sp³-hybridized carbons (Fsp3) is 0.192. The topological polar surface area (TPSA) is 113 Å². The predicted molar refractivity (Wildman–Crippen MR) is 131 cm³/mol. The van der Waals surface area contributed by atoms with Crippen LogP contribution in [0.4, 0.5) is 0 Å². The fourth-order valence-electron chi connectivity index (χ4n) is 3.89. The van der Waals surface area contributed by atoms with Gasteiger partial charge in [0.1, 0.15) is 11.5 Å². The molecule has 184 valence electrons. The van der Waals surface area contributed by atoms with Crippen molar-refractivity contribution in [3.05, 3.63) is 90.6 Å². The minimum absolute atomic E-state index is 0.123. The number of aromatic nitrogens is 1. The Bertz CT molecular complexity index is 1580. The van der Waals surface area contributed by atoms with E-state index in [1.165, 1.54) is 37.7 Å². The molecule has 3 aromatic rings. The lowest BCUT2D eigenvalue weighted by Crippen LogP contribution is -2.39. The second-order valence-electron chi connectivity index (χ2n) is 7.87. The second kappa shape index (κ2) is 10.1. The fourth-order valence-corrected chi connectivity index (χ4v) is 4.93. The van der Waals surface area contributed by atoms with E-state index in [9.17, 15) is 19.2 Å². The molecular weight excluding hydrogens is 484 g/mol. The summed E-state index contributed by atoms with van der Waals surface area (Å²) in [5.41, 5.74) is 1.50. The maximum absolute atomic E-state index is 13.6. The molecule has 1 aromatic heterocycles. The molecule has 0 aliphatic carbocycles. The van der Waals surface area contributed by atoms with Gasteiger partial charge in [-0.2, -0.15) is 0 Å². The van der Waals surface area contributed by atoms with Crippen molar-refractivity contribution in [3.63, 3.8) is 0 Å². The van der Waals surface area contributed by atoms with Gasteiger partial charge in [-0.3, -0.25) is 19.0 Å². The lowest BCUT2D eigenvalue weighted by molar-refractivity contribution is -0.137. The van der Waals surface area contributed by atoms with E-state index in [4.69, 9.17) is 14.2 Å². The summed E-state index contributed by atoms with van der Waals surface area (Å²) >= 11 is 1.14. The predicted octanol–water partition coefficient (Wildman–Crippen LogP) is 2.26. The average Bonchev–Trinajstić information content (AvgIpc) is 3.13. The number of rotatable bonds is 5. The second-order valence-corrected chi connectivity index (χ2v) is 8.88. The third kappa shape index (κ3) is 4.89. The van der Waals surface area contributed by atoms with Crippen LogP contribution < -0.4 is 24.4 Å². The molecule has 0 saturated heterocycles. The number of hydrogen-bond acceptors (Lipinski definition) is 9. The monoisotopic (exact) mass is 506 g/mol. The summed E-state index contributed by atoms with van der Waals surface area (Å²) in [4.78, 5) is 54.2. The molecule has 36 heavy (non-hydrogen) atoms. The molecule has 1 atom stereocenters. The first-order chi connectivity index (χ1) is 17.2. The van der Waals surface area contributed by atoms with Crippen molar-refractivity contribution in [2.24, 2.45) is 4.99 Å². The number of carbonyl (C=O) groups is 3. The van der Waals surface area contributed by atoms with Crippen molar-refractivity contribution in [1.82, 2.24) is 4.57 Å². The van der Waals surface area contributed by atoms with E-state index in [-0.39, 0.29) is 22.6 Å². The normalized spacial score (nSPS) is 15.1. The van der Waals surface area contributed by atoms with E-state index in [1.54, 1.807) is 19.1 Å². The van der Waals surface area contributed by atoms with E-state index in [1.807, 2.05) is 30.3 Å². The molecule has 4 rings (SSSR count).